The molecule has 0 N–H and O–H groups in total. The number of piperidine rings is 1. The molecule has 24 heavy (non-hydrogen) atoms. The molecule has 0 spiro atoms. The van der Waals surface area contributed by atoms with Gasteiger partial charge in [-0.2, -0.15) is 5.10 Å². The Morgan fingerprint density at radius 2 is 2.00 bits per heavy atom. The highest BCUT2D eigenvalue weighted by Crippen LogP contribution is 2.31. The lowest BCUT2D eigenvalue weighted by Crippen LogP contribution is -2.43. The molecule has 0 aromatic carbocycles. The number of amides is 1. The van der Waals surface area contributed by atoms with Crippen molar-refractivity contribution in [3.8, 4) is 0 Å². The number of carbonyl (C=O) groups is 2. The molecular formula is C18H22N4O2. The molecule has 1 fully saturated rings. The summed E-state index contributed by atoms with van der Waals surface area (Å²) in [7, 11) is 1.97. The molecule has 4 heterocycles. The SMILES string of the molecule is Cn1nccc1C1CCN(C(=O)C2CCC(=O)c3cccn32)CC1. The van der Waals surface area contributed by atoms with Crippen LogP contribution in [0.25, 0.3) is 0 Å². The van der Waals surface area contributed by atoms with Crippen molar-refractivity contribution < 1.29 is 9.59 Å². The molecule has 2 aromatic rings. The molecule has 0 bridgehead atoms. The molecule has 6 heteroatoms. The van der Waals surface area contributed by atoms with Gasteiger partial charge in [0, 0.05) is 50.6 Å². The van der Waals surface area contributed by atoms with Crippen molar-refractivity contribution in [1.29, 1.82) is 0 Å². The van der Waals surface area contributed by atoms with Crippen molar-refractivity contribution in [3.63, 3.8) is 0 Å². The predicted octanol–water partition coefficient (Wildman–Crippen LogP) is 2.15. The number of nitrogens with zero attached hydrogens (tertiary/aromatic N) is 4. The maximum Gasteiger partial charge on any atom is 0.245 e. The summed E-state index contributed by atoms with van der Waals surface area (Å²) in [6.07, 6.45) is 6.70. The van der Waals surface area contributed by atoms with E-state index in [0.717, 1.165) is 25.9 Å². The third kappa shape index (κ3) is 2.46. The number of aryl methyl sites for hydroxylation is 1. The van der Waals surface area contributed by atoms with Gasteiger partial charge in [-0.05, 0) is 37.5 Å². The van der Waals surface area contributed by atoms with Gasteiger partial charge in [0.1, 0.15) is 6.04 Å². The van der Waals surface area contributed by atoms with Crippen LogP contribution in [0.4, 0.5) is 0 Å². The number of rotatable bonds is 2. The van der Waals surface area contributed by atoms with E-state index in [1.54, 1.807) is 0 Å². The van der Waals surface area contributed by atoms with Gasteiger partial charge in [-0.25, -0.2) is 0 Å². The summed E-state index contributed by atoms with van der Waals surface area (Å²) in [4.78, 5) is 26.9. The predicted molar refractivity (Wildman–Crippen MR) is 88.8 cm³/mol. The second-order valence-electron chi connectivity index (χ2n) is 6.76. The smallest absolute Gasteiger partial charge is 0.245 e. The molecule has 0 saturated carbocycles. The van der Waals surface area contributed by atoms with E-state index in [1.807, 2.05) is 45.7 Å². The summed E-state index contributed by atoms with van der Waals surface area (Å²) in [6.45, 7) is 1.55. The molecule has 1 amide bonds. The molecule has 2 aliphatic rings. The van der Waals surface area contributed by atoms with Gasteiger partial charge in [0.15, 0.2) is 5.78 Å². The van der Waals surface area contributed by atoms with Crippen LogP contribution >= 0.6 is 0 Å². The summed E-state index contributed by atoms with van der Waals surface area (Å²) in [5.41, 5.74) is 1.92. The van der Waals surface area contributed by atoms with E-state index in [1.165, 1.54) is 5.69 Å². The first-order valence-corrected chi connectivity index (χ1v) is 8.62. The Balaban J connectivity index is 1.45. The first-order valence-electron chi connectivity index (χ1n) is 8.62. The Bertz CT molecular complexity index is 768. The molecule has 0 radical (unpaired) electrons. The van der Waals surface area contributed by atoms with Crippen LogP contribution < -0.4 is 0 Å². The third-order valence-corrected chi connectivity index (χ3v) is 5.41. The molecule has 2 aromatic heterocycles. The van der Waals surface area contributed by atoms with Gasteiger partial charge in [0.2, 0.25) is 5.91 Å². The summed E-state index contributed by atoms with van der Waals surface area (Å²) >= 11 is 0. The molecule has 4 rings (SSSR count). The minimum Gasteiger partial charge on any atom is -0.341 e. The topological polar surface area (TPSA) is 60.1 Å². The zero-order valence-electron chi connectivity index (χ0n) is 13.9. The molecule has 126 valence electrons. The van der Waals surface area contributed by atoms with E-state index in [0.29, 0.717) is 24.5 Å². The van der Waals surface area contributed by atoms with Gasteiger partial charge < -0.3 is 9.47 Å². The van der Waals surface area contributed by atoms with Gasteiger partial charge in [0.05, 0.1) is 5.69 Å². The number of hydrogen-bond donors (Lipinski definition) is 0. The highest BCUT2D eigenvalue weighted by Gasteiger charge is 2.34. The zero-order valence-corrected chi connectivity index (χ0v) is 13.9. The van der Waals surface area contributed by atoms with Crippen LogP contribution in [-0.2, 0) is 11.8 Å². The Labute approximate surface area is 141 Å². The third-order valence-electron chi connectivity index (χ3n) is 5.41. The second-order valence-corrected chi connectivity index (χ2v) is 6.76. The van der Waals surface area contributed by atoms with Crippen LogP contribution in [-0.4, -0.2) is 44.0 Å². The largest absolute Gasteiger partial charge is 0.341 e. The van der Waals surface area contributed by atoms with E-state index in [-0.39, 0.29) is 17.7 Å². The Kier molecular flexibility index (Phi) is 3.75. The van der Waals surface area contributed by atoms with E-state index < -0.39 is 0 Å². The average molecular weight is 326 g/mol. The molecule has 1 atom stereocenters. The lowest BCUT2D eigenvalue weighted by molar-refractivity contribution is -0.136. The van der Waals surface area contributed by atoms with Crippen LogP contribution in [0.1, 0.15) is 53.8 Å². The number of likely N-dealkylation sites (tertiary alicyclic amines) is 1. The van der Waals surface area contributed by atoms with Crippen molar-refractivity contribution in [2.45, 2.75) is 37.6 Å². The number of Topliss-reactive ketones (excluding diaryl/α,β-unsaturated/α-hetero) is 1. The van der Waals surface area contributed by atoms with Crippen molar-refractivity contribution >= 4 is 11.7 Å². The monoisotopic (exact) mass is 326 g/mol. The maximum absolute atomic E-state index is 13.0. The molecule has 1 saturated heterocycles. The van der Waals surface area contributed by atoms with E-state index in [9.17, 15) is 9.59 Å². The number of aromatic nitrogens is 3. The minimum atomic E-state index is -0.221. The molecular weight excluding hydrogens is 304 g/mol. The lowest BCUT2D eigenvalue weighted by atomic mass is 9.92. The van der Waals surface area contributed by atoms with Gasteiger partial charge in [0.25, 0.3) is 0 Å². The minimum absolute atomic E-state index is 0.138. The quantitative estimate of drug-likeness (QED) is 0.849. The highest BCUT2D eigenvalue weighted by atomic mass is 16.2. The Morgan fingerprint density at radius 1 is 1.21 bits per heavy atom. The molecule has 0 aliphatic carbocycles. The first kappa shape index (κ1) is 15.2. The van der Waals surface area contributed by atoms with E-state index in [2.05, 4.69) is 11.2 Å². The number of hydrogen-bond acceptors (Lipinski definition) is 3. The standard InChI is InChI=1S/C18H22N4O2/c1-20-14(6-9-19-20)13-7-11-21(12-8-13)18(24)16-4-5-17(23)15-3-2-10-22(15)16/h2-3,6,9-10,13,16H,4-5,7-8,11-12H2,1H3. The fraction of sp³-hybridized carbons (Fsp3) is 0.500. The highest BCUT2D eigenvalue weighted by molar-refractivity contribution is 5.97. The summed E-state index contributed by atoms with van der Waals surface area (Å²) in [6, 6.07) is 5.52. The van der Waals surface area contributed by atoms with E-state index in [4.69, 9.17) is 0 Å². The van der Waals surface area contributed by atoms with Crippen LogP contribution in [0, 0.1) is 0 Å². The maximum atomic E-state index is 13.0. The Hall–Kier alpha value is -2.37. The van der Waals surface area contributed by atoms with Gasteiger partial charge in [-0.3, -0.25) is 14.3 Å². The van der Waals surface area contributed by atoms with Crippen molar-refractivity contribution in [2.75, 3.05) is 13.1 Å². The van der Waals surface area contributed by atoms with Crippen molar-refractivity contribution in [2.24, 2.45) is 7.05 Å². The Morgan fingerprint density at radius 3 is 2.71 bits per heavy atom. The first-order chi connectivity index (χ1) is 11.6. The fourth-order valence-corrected chi connectivity index (χ4v) is 4.07. The molecule has 6 nitrogen and oxygen atoms in total. The lowest BCUT2D eigenvalue weighted by Gasteiger charge is -2.35. The van der Waals surface area contributed by atoms with E-state index >= 15 is 0 Å². The fourth-order valence-electron chi connectivity index (χ4n) is 4.07. The van der Waals surface area contributed by atoms with Crippen LogP contribution in [0.3, 0.4) is 0 Å². The summed E-state index contributed by atoms with van der Waals surface area (Å²) in [5, 5.41) is 4.25. The number of fused-ring (bicyclic) bond motifs is 1. The van der Waals surface area contributed by atoms with Gasteiger partial charge in [-0.1, -0.05) is 0 Å². The normalized spacial score (nSPS) is 21.8. The van der Waals surface area contributed by atoms with Crippen LogP contribution in [0.5, 0.6) is 0 Å². The molecule has 1 unspecified atom stereocenters. The van der Waals surface area contributed by atoms with Crippen molar-refractivity contribution in [1.82, 2.24) is 19.2 Å². The summed E-state index contributed by atoms with van der Waals surface area (Å²) < 4.78 is 3.79. The van der Waals surface area contributed by atoms with Gasteiger partial charge >= 0.3 is 0 Å². The van der Waals surface area contributed by atoms with Crippen LogP contribution in [0.2, 0.25) is 0 Å². The van der Waals surface area contributed by atoms with Gasteiger partial charge in [-0.15, -0.1) is 0 Å². The van der Waals surface area contributed by atoms with Crippen molar-refractivity contribution in [3.05, 3.63) is 42.0 Å². The zero-order chi connectivity index (χ0) is 16.7. The average Bonchev–Trinajstić information content (AvgIpc) is 3.24. The van der Waals surface area contributed by atoms with Crippen LogP contribution in [0.15, 0.2) is 30.6 Å². The second kappa shape index (κ2) is 5.92. The number of ketones is 1. The molecule has 2 aliphatic heterocycles. The number of carbonyl (C=O) groups excluding carboxylic acids is 2. The summed E-state index contributed by atoms with van der Waals surface area (Å²) in [5.74, 6) is 0.763.